The van der Waals surface area contributed by atoms with Crippen LogP contribution in [0.25, 0.3) is 0 Å². The van der Waals surface area contributed by atoms with Crippen molar-refractivity contribution in [3.63, 3.8) is 0 Å². The summed E-state index contributed by atoms with van der Waals surface area (Å²) in [4.78, 5) is 16.3. The standard InChI is InChI=1S/C11H11NO2S2/c1-7-6-16-11(12-7)8(5-10(13)14)9-3-2-4-15-9/h2-4,6,8H,5H2,1H3,(H,13,14). The molecule has 16 heavy (non-hydrogen) atoms. The third-order valence-electron chi connectivity index (χ3n) is 2.20. The minimum absolute atomic E-state index is 0.101. The molecule has 0 aromatic carbocycles. The van der Waals surface area contributed by atoms with Crippen LogP contribution in [-0.2, 0) is 4.79 Å². The molecule has 0 saturated heterocycles. The molecule has 0 saturated carbocycles. The number of aliphatic carboxylic acids is 1. The molecule has 2 aromatic heterocycles. The molecule has 84 valence electrons. The quantitative estimate of drug-likeness (QED) is 0.910. The summed E-state index contributed by atoms with van der Waals surface area (Å²) in [6.07, 6.45) is 0.105. The lowest BCUT2D eigenvalue weighted by atomic mass is 10.0. The van der Waals surface area contributed by atoms with E-state index in [9.17, 15) is 4.79 Å². The summed E-state index contributed by atoms with van der Waals surface area (Å²) in [6.45, 7) is 1.92. The molecular weight excluding hydrogens is 242 g/mol. The van der Waals surface area contributed by atoms with Crippen molar-refractivity contribution in [2.75, 3.05) is 0 Å². The summed E-state index contributed by atoms with van der Waals surface area (Å²) < 4.78 is 0. The lowest BCUT2D eigenvalue weighted by Crippen LogP contribution is -2.06. The molecule has 1 unspecified atom stereocenters. The molecule has 0 radical (unpaired) electrons. The van der Waals surface area contributed by atoms with Gasteiger partial charge in [-0.25, -0.2) is 4.98 Å². The number of aryl methyl sites for hydroxylation is 1. The lowest BCUT2D eigenvalue weighted by Gasteiger charge is -2.09. The lowest BCUT2D eigenvalue weighted by molar-refractivity contribution is -0.137. The predicted molar refractivity (Wildman–Crippen MR) is 65.3 cm³/mol. The van der Waals surface area contributed by atoms with E-state index < -0.39 is 5.97 Å². The second-order valence-electron chi connectivity index (χ2n) is 3.49. The molecular formula is C11H11NO2S2. The van der Waals surface area contributed by atoms with E-state index in [0.717, 1.165) is 15.6 Å². The van der Waals surface area contributed by atoms with Crippen molar-refractivity contribution in [3.8, 4) is 0 Å². The maximum atomic E-state index is 10.9. The molecule has 0 aliphatic heterocycles. The van der Waals surface area contributed by atoms with Crippen molar-refractivity contribution >= 4 is 28.6 Å². The van der Waals surface area contributed by atoms with Gasteiger partial charge in [-0.15, -0.1) is 22.7 Å². The minimum atomic E-state index is -0.786. The largest absolute Gasteiger partial charge is 0.481 e. The van der Waals surface area contributed by atoms with E-state index in [1.165, 1.54) is 11.3 Å². The second-order valence-corrected chi connectivity index (χ2v) is 5.36. The van der Waals surface area contributed by atoms with E-state index in [0.29, 0.717) is 0 Å². The van der Waals surface area contributed by atoms with Gasteiger partial charge in [-0.05, 0) is 18.4 Å². The number of rotatable bonds is 4. The number of hydrogen-bond acceptors (Lipinski definition) is 4. The van der Waals surface area contributed by atoms with E-state index in [-0.39, 0.29) is 12.3 Å². The van der Waals surface area contributed by atoms with Crippen LogP contribution in [0, 0.1) is 6.92 Å². The zero-order chi connectivity index (χ0) is 11.5. The van der Waals surface area contributed by atoms with Gasteiger partial charge in [0.05, 0.1) is 12.3 Å². The third-order valence-corrected chi connectivity index (χ3v) is 4.26. The molecule has 3 nitrogen and oxygen atoms in total. The Morgan fingerprint density at radius 3 is 2.88 bits per heavy atom. The summed E-state index contributed by atoms with van der Waals surface area (Å²) >= 11 is 3.11. The van der Waals surface area contributed by atoms with E-state index >= 15 is 0 Å². The molecule has 0 fully saturated rings. The normalized spacial score (nSPS) is 12.6. The number of carboxylic acid groups (broad SMARTS) is 1. The van der Waals surface area contributed by atoms with Crippen molar-refractivity contribution in [1.29, 1.82) is 0 Å². The molecule has 5 heteroatoms. The van der Waals surface area contributed by atoms with Crippen LogP contribution in [0.15, 0.2) is 22.9 Å². The van der Waals surface area contributed by atoms with Crippen molar-refractivity contribution in [3.05, 3.63) is 38.5 Å². The van der Waals surface area contributed by atoms with Gasteiger partial charge in [0, 0.05) is 16.0 Å². The van der Waals surface area contributed by atoms with Crippen LogP contribution in [0.2, 0.25) is 0 Å². The van der Waals surface area contributed by atoms with Crippen LogP contribution in [0.4, 0.5) is 0 Å². The number of aromatic nitrogens is 1. The Hall–Kier alpha value is -1.20. The summed E-state index contributed by atoms with van der Waals surface area (Å²) in [6, 6.07) is 3.91. The van der Waals surface area contributed by atoms with Gasteiger partial charge in [0.15, 0.2) is 0 Å². The zero-order valence-electron chi connectivity index (χ0n) is 8.71. The molecule has 1 atom stereocenters. The Morgan fingerprint density at radius 2 is 2.38 bits per heavy atom. The van der Waals surface area contributed by atoms with Gasteiger partial charge in [-0.2, -0.15) is 0 Å². The van der Waals surface area contributed by atoms with Gasteiger partial charge in [-0.1, -0.05) is 6.07 Å². The smallest absolute Gasteiger partial charge is 0.304 e. The first-order chi connectivity index (χ1) is 7.66. The van der Waals surface area contributed by atoms with E-state index in [1.54, 1.807) is 11.3 Å². The minimum Gasteiger partial charge on any atom is -0.481 e. The molecule has 0 bridgehead atoms. The van der Waals surface area contributed by atoms with Crippen LogP contribution in [0.3, 0.4) is 0 Å². The first kappa shape index (κ1) is 11.3. The van der Waals surface area contributed by atoms with Gasteiger partial charge in [0.2, 0.25) is 0 Å². The highest BCUT2D eigenvalue weighted by Gasteiger charge is 2.21. The number of carbonyl (C=O) groups is 1. The molecule has 0 aliphatic carbocycles. The number of hydrogen-bond donors (Lipinski definition) is 1. The number of thiazole rings is 1. The maximum Gasteiger partial charge on any atom is 0.304 e. The highest BCUT2D eigenvalue weighted by Crippen LogP contribution is 2.33. The summed E-state index contributed by atoms with van der Waals surface area (Å²) in [5.74, 6) is -0.887. The van der Waals surface area contributed by atoms with Crippen molar-refractivity contribution in [2.45, 2.75) is 19.3 Å². The molecule has 0 amide bonds. The van der Waals surface area contributed by atoms with Crippen LogP contribution in [0.5, 0.6) is 0 Å². The fraction of sp³-hybridized carbons (Fsp3) is 0.273. The van der Waals surface area contributed by atoms with Gasteiger partial charge in [-0.3, -0.25) is 4.79 Å². The Labute approximate surface area is 101 Å². The van der Waals surface area contributed by atoms with Crippen LogP contribution < -0.4 is 0 Å². The van der Waals surface area contributed by atoms with E-state index in [2.05, 4.69) is 4.98 Å². The number of carboxylic acids is 1. The van der Waals surface area contributed by atoms with Crippen LogP contribution >= 0.6 is 22.7 Å². The molecule has 1 N–H and O–H groups in total. The average molecular weight is 253 g/mol. The highest BCUT2D eigenvalue weighted by atomic mass is 32.1. The zero-order valence-corrected chi connectivity index (χ0v) is 10.3. The Balaban J connectivity index is 2.31. The fourth-order valence-electron chi connectivity index (χ4n) is 1.51. The number of nitrogens with zero attached hydrogens (tertiary/aromatic N) is 1. The SMILES string of the molecule is Cc1csc(C(CC(=O)O)c2cccs2)n1. The molecule has 2 heterocycles. The first-order valence-corrected chi connectivity index (χ1v) is 6.60. The average Bonchev–Trinajstić information content (AvgIpc) is 2.84. The fourth-order valence-corrected chi connectivity index (χ4v) is 3.33. The molecule has 0 aliphatic rings. The Morgan fingerprint density at radius 1 is 1.56 bits per heavy atom. The van der Waals surface area contributed by atoms with Crippen LogP contribution in [0.1, 0.15) is 27.9 Å². The van der Waals surface area contributed by atoms with Gasteiger partial charge < -0.3 is 5.11 Å². The first-order valence-electron chi connectivity index (χ1n) is 4.84. The Bertz CT molecular complexity index is 476. The van der Waals surface area contributed by atoms with Crippen molar-refractivity contribution in [2.24, 2.45) is 0 Å². The van der Waals surface area contributed by atoms with Gasteiger partial charge in [0.1, 0.15) is 5.01 Å². The van der Waals surface area contributed by atoms with Crippen molar-refractivity contribution < 1.29 is 9.90 Å². The van der Waals surface area contributed by atoms with Gasteiger partial charge >= 0.3 is 5.97 Å². The summed E-state index contributed by atoms with van der Waals surface area (Å²) in [5, 5.41) is 13.7. The molecule has 2 rings (SSSR count). The second kappa shape index (κ2) is 4.76. The third kappa shape index (κ3) is 2.48. The molecule has 0 spiro atoms. The summed E-state index contributed by atoms with van der Waals surface area (Å²) in [5.41, 5.74) is 0.951. The Kier molecular flexibility index (Phi) is 3.36. The topological polar surface area (TPSA) is 50.2 Å². The van der Waals surface area contributed by atoms with E-state index in [4.69, 9.17) is 5.11 Å². The van der Waals surface area contributed by atoms with Crippen molar-refractivity contribution in [1.82, 2.24) is 4.98 Å². The van der Waals surface area contributed by atoms with E-state index in [1.807, 2.05) is 29.8 Å². The monoisotopic (exact) mass is 253 g/mol. The van der Waals surface area contributed by atoms with Crippen LogP contribution in [-0.4, -0.2) is 16.1 Å². The predicted octanol–water partition coefficient (Wildman–Crippen LogP) is 3.12. The highest BCUT2D eigenvalue weighted by molar-refractivity contribution is 7.11. The molecule has 2 aromatic rings. The maximum absolute atomic E-state index is 10.9. The van der Waals surface area contributed by atoms with Gasteiger partial charge in [0.25, 0.3) is 0 Å². The number of thiophene rings is 1. The summed E-state index contributed by atoms with van der Waals surface area (Å²) in [7, 11) is 0.